The van der Waals surface area contributed by atoms with Gasteiger partial charge in [0.2, 0.25) is 0 Å². The van der Waals surface area contributed by atoms with Crippen LogP contribution in [0.2, 0.25) is 0 Å². The Morgan fingerprint density at radius 2 is 1.45 bits per heavy atom. The number of hydrogen-bond donors (Lipinski definition) is 4. The Balaban J connectivity index is 1.31. The third-order valence-corrected chi connectivity index (χ3v) is 7.49. The van der Waals surface area contributed by atoms with Gasteiger partial charge in [0.15, 0.2) is 0 Å². The lowest BCUT2D eigenvalue weighted by atomic mass is 9.98. The third-order valence-electron chi connectivity index (χ3n) is 7.49. The molecule has 0 heterocycles. The number of amides is 2. The molecule has 0 aliphatic heterocycles. The van der Waals surface area contributed by atoms with Crippen LogP contribution < -0.4 is 16.0 Å². The van der Waals surface area contributed by atoms with Gasteiger partial charge in [-0.25, -0.2) is 9.59 Å². The van der Waals surface area contributed by atoms with E-state index >= 15 is 0 Å². The van der Waals surface area contributed by atoms with Crippen LogP contribution in [-0.2, 0) is 20.7 Å². The van der Waals surface area contributed by atoms with Crippen LogP contribution in [0.3, 0.4) is 0 Å². The first-order chi connectivity index (χ1) is 21.1. The fourth-order valence-corrected chi connectivity index (χ4v) is 5.46. The first-order valence-corrected chi connectivity index (χ1v) is 15.2. The molecule has 2 atom stereocenters. The van der Waals surface area contributed by atoms with E-state index in [0.29, 0.717) is 32.2 Å². The summed E-state index contributed by atoms with van der Waals surface area (Å²) in [5.74, 6) is -1.02. The lowest BCUT2D eigenvalue weighted by molar-refractivity contribution is -0.139. The highest BCUT2D eigenvalue weighted by Gasteiger charge is 2.29. The molecule has 0 aromatic heterocycles. The number of rotatable bonds is 14. The van der Waals surface area contributed by atoms with Gasteiger partial charge in [0, 0.05) is 25.0 Å². The number of carboxylic acids is 1. The van der Waals surface area contributed by atoms with Gasteiger partial charge in [-0.05, 0) is 74.3 Å². The number of carbonyl (C=O) groups is 3. The molecule has 44 heavy (non-hydrogen) atoms. The Kier molecular flexibility index (Phi) is 11.4. The van der Waals surface area contributed by atoms with Crippen molar-refractivity contribution in [2.75, 3.05) is 19.7 Å². The van der Waals surface area contributed by atoms with E-state index < -0.39 is 35.8 Å². The first-order valence-electron chi connectivity index (χ1n) is 15.2. The fourth-order valence-electron chi connectivity index (χ4n) is 5.46. The summed E-state index contributed by atoms with van der Waals surface area (Å²) >= 11 is 0. The zero-order chi connectivity index (χ0) is 31.5. The van der Waals surface area contributed by atoms with Crippen molar-refractivity contribution < 1.29 is 29.0 Å². The van der Waals surface area contributed by atoms with E-state index in [4.69, 9.17) is 9.47 Å². The highest BCUT2D eigenvalue weighted by molar-refractivity contribution is 5.79. The second-order valence-electron chi connectivity index (χ2n) is 12.1. The monoisotopic (exact) mass is 601 g/mol. The van der Waals surface area contributed by atoms with Crippen LogP contribution in [0.4, 0.5) is 9.59 Å². The zero-order valence-electron chi connectivity index (χ0n) is 25.7. The van der Waals surface area contributed by atoms with Crippen LogP contribution in [0.5, 0.6) is 0 Å². The van der Waals surface area contributed by atoms with Crippen molar-refractivity contribution in [3.8, 4) is 11.1 Å². The molecule has 234 valence electrons. The number of ether oxygens (including phenoxy) is 2. The van der Waals surface area contributed by atoms with Crippen LogP contribution in [0, 0.1) is 0 Å². The van der Waals surface area contributed by atoms with Crippen LogP contribution in [-0.4, -0.2) is 60.6 Å². The average Bonchev–Trinajstić information content (AvgIpc) is 3.30. The van der Waals surface area contributed by atoms with E-state index in [-0.39, 0.29) is 19.1 Å². The molecule has 4 rings (SSSR count). The van der Waals surface area contributed by atoms with E-state index in [2.05, 4.69) is 40.2 Å². The number of carbonyl (C=O) groups excluding carboxylic acids is 2. The van der Waals surface area contributed by atoms with Crippen molar-refractivity contribution in [3.63, 3.8) is 0 Å². The first kappa shape index (κ1) is 32.5. The predicted octanol–water partition coefficient (Wildman–Crippen LogP) is 5.87. The summed E-state index contributed by atoms with van der Waals surface area (Å²) in [6.07, 6.45) is 1.03. The Bertz CT molecular complexity index is 1360. The summed E-state index contributed by atoms with van der Waals surface area (Å²) in [4.78, 5) is 36.9. The molecule has 9 heteroatoms. The molecule has 0 fully saturated rings. The van der Waals surface area contributed by atoms with Crippen molar-refractivity contribution in [2.24, 2.45) is 0 Å². The smallest absolute Gasteiger partial charge is 0.407 e. The van der Waals surface area contributed by atoms with Crippen molar-refractivity contribution in [1.82, 2.24) is 16.0 Å². The maximum Gasteiger partial charge on any atom is 0.407 e. The van der Waals surface area contributed by atoms with Gasteiger partial charge in [-0.2, -0.15) is 0 Å². The third kappa shape index (κ3) is 9.57. The van der Waals surface area contributed by atoms with Gasteiger partial charge in [-0.1, -0.05) is 78.9 Å². The highest BCUT2D eigenvalue weighted by Crippen LogP contribution is 2.44. The maximum absolute atomic E-state index is 13.1. The van der Waals surface area contributed by atoms with Crippen molar-refractivity contribution in [2.45, 2.75) is 70.1 Å². The van der Waals surface area contributed by atoms with Gasteiger partial charge >= 0.3 is 18.2 Å². The second-order valence-corrected chi connectivity index (χ2v) is 12.1. The quantitative estimate of drug-likeness (QED) is 0.170. The number of benzene rings is 3. The molecule has 0 unspecified atom stereocenters. The van der Waals surface area contributed by atoms with Crippen LogP contribution in [0.1, 0.15) is 62.6 Å². The molecule has 0 bridgehead atoms. The molecule has 3 aromatic carbocycles. The summed E-state index contributed by atoms with van der Waals surface area (Å²) in [6, 6.07) is 24.9. The standard InChI is InChI=1S/C35H43N3O6/c1-35(2,3)44-33(41)36-20-12-11-19-31(32(39)40)37-22-25(21-24-13-5-4-6-14-24)38-34(42)43-23-30-28-17-9-7-15-26(28)27-16-8-10-18-29(27)30/h4-10,13-18,25,30-31,37H,11-12,19-23H2,1-3H3,(H,36,41)(H,38,42)(H,39,40)/t25-,31-/m0/s1. The maximum atomic E-state index is 13.1. The second kappa shape index (κ2) is 15.4. The molecule has 0 spiro atoms. The number of hydrogen-bond acceptors (Lipinski definition) is 6. The molecule has 1 aliphatic carbocycles. The fraction of sp³-hybridized carbons (Fsp3) is 0.400. The van der Waals surface area contributed by atoms with Crippen molar-refractivity contribution >= 4 is 18.2 Å². The van der Waals surface area contributed by atoms with Gasteiger partial charge in [0.1, 0.15) is 18.2 Å². The molecule has 1 aliphatic rings. The lowest BCUT2D eigenvalue weighted by Crippen LogP contribution is -2.48. The number of aliphatic carboxylic acids is 1. The molecule has 3 aromatic rings. The number of unbranched alkanes of at least 4 members (excludes halogenated alkanes) is 1. The summed E-state index contributed by atoms with van der Waals surface area (Å²) in [5, 5.41) is 18.6. The van der Waals surface area contributed by atoms with E-state index in [1.165, 1.54) is 0 Å². The highest BCUT2D eigenvalue weighted by atomic mass is 16.6. The number of alkyl carbamates (subject to hydrolysis) is 2. The molecule has 2 amide bonds. The van der Waals surface area contributed by atoms with Gasteiger partial charge in [-0.15, -0.1) is 0 Å². The van der Waals surface area contributed by atoms with Gasteiger partial charge < -0.3 is 30.5 Å². The number of fused-ring (bicyclic) bond motifs is 3. The minimum Gasteiger partial charge on any atom is -0.480 e. The molecule has 4 N–H and O–H groups in total. The molecular weight excluding hydrogens is 558 g/mol. The summed E-state index contributed by atoms with van der Waals surface area (Å²) < 4.78 is 11.0. The Hall–Kier alpha value is -4.37. The Morgan fingerprint density at radius 1 is 0.841 bits per heavy atom. The average molecular weight is 602 g/mol. The largest absolute Gasteiger partial charge is 0.480 e. The predicted molar refractivity (Wildman–Crippen MR) is 170 cm³/mol. The molecule has 0 saturated heterocycles. The summed E-state index contributed by atoms with van der Waals surface area (Å²) in [7, 11) is 0. The molecule has 0 saturated carbocycles. The van der Waals surface area contributed by atoms with E-state index in [1.54, 1.807) is 20.8 Å². The normalized spacial score (nSPS) is 13.7. The van der Waals surface area contributed by atoms with Gasteiger partial charge in [0.25, 0.3) is 0 Å². The topological polar surface area (TPSA) is 126 Å². The molecular formula is C35H43N3O6. The lowest BCUT2D eigenvalue weighted by Gasteiger charge is -2.23. The van der Waals surface area contributed by atoms with E-state index in [9.17, 15) is 19.5 Å². The van der Waals surface area contributed by atoms with E-state index in [1.807, 2.05) is 54.6 Å². The van der Waals surface area contributed by atoms with Crippen LogP contribution in [0.15, 0.2) is 78.9 Å². The SMILES string of the molecule is CC(C)(C)OC(=O)NCCCC[C@H](NC[C@H](Cc1ccccc1)NC(=O)OCC1c2ccccc2-c2ccccc21)C(=O)O. The van der Waals surface area contributed by atoms with Gasteiger partial charge in [-0.3, -0.25) is 4.79 Å². The Labute approximate surface area is 259 Å². The summed E-state index contributed by atoms with van der Waals surface area (Å²) in [6.45, 7) is 6.21. The molecule has 0 radical (unpaired) electrons. The number of nitrogens with one attached hydrogen (secondary N) is 3. The Morgan fingerprint density at radius 3 is 2.07 bits per heavy atom. The van der Waals surface area contributed by atoms with Crippen molar-refractivity contribution in [3.05, 3.63) is 95.6 Å². The van der Waals surface area contributed by atoms with E-state index in [0.717, 1.165) is 27.8 Å². The minimum absolute atomic E-state index is 0.0555. The molecule has 9 nitrogen and oxygen atoms in total. The van der Waals surface area contributed by atoms with Crippen molar-refractivity contribution in [1.29, 1.82) is 0 Å². The zero-order valence-corrected chi connectivity index (χ0v) is 25.7. The van der Waals surface area contributed by atoms with Crippen LogP contribution >= 0.6 is 0 Å². The summed E-state index contributed by atoms with van der Waals surface area (Å²) in [5.41, 5.74) is 5.02. The number of carboxylic acid groups (broad SMARTS) is 1. The minimum atomic E-state index is -0.968. The van der Waals surface area contributed by atoms with Crippen LogP contribution in [0.25, 0.3) is 11.1 Å². The van der Waals surface area contributed by atoms with Gasteiger partial charge in [0.05, 0.1) is 0 Å².